The highest BCUT2D eigenvalue weighted by Gasteiger charge is 2.34. The van der Waals surface area contributed by atoms with E-state index in [0.717, 1.165) is 22.5 Å². The van der Waals surface area contributed by atoms with Crippen LogP contribution in [0, 0.1) is 6.92 Å². The summed E-state index contributed by atoms with van der Waals surface area (Å²) in [7, 11) is 0. The van der Waals surface area contributed by atoms with Gasteiger partial charge in [0.05, 0.1) is 6.42 Å². The van der Waals surface area contributed by atoms with Gasteiger partial charge in [0.15, 0.2) is 0 Å². The first-order chi connectivity index (χ1) is 11.5. The van der Waals surface area contributed by atoms with Gasteiger partial charge in [-0.05, 0) is 55.0 Å². The monoisotopic (exact) mass is 362 g/mol. The fraction of sp³-hybridized carbons (Fsp3) is 0.333. The Labute approximate surface area is 150 Å². The number of benzene rings is 1. The van der Waals surface area contributed by atoms with Crippen molar-refractivity contribution < 1.29 is 9.59 Å². The van der Waals surface area contributed by atoms with Crippen LogP contribution in [0.2, 0.25) is 5.02 Å². The van der Waals surface area contributed by atoms with Crippen LogP contribution in [0.15, 0.2) is 35.7 Å². The van der Waals surface area contributed by atoms with E-state index in [4.69, 9.17) is 11.6 Å². The number of carbonyl (C=O) groups excluding carboxylic acids is 2. The van der Waals surface area contributed by atoms with Gasteiger partial charge in [0.2, 0.25) is 11.8 Å². The topological polar surface area (TPSA) is 49.4 Å². The number of thiophene rings is 1. The molecule has 1 unspecified atom stereocenters. The second-order valence-electron chi connectivity index (χ2n) is 5.95. The van der Waals surface area contributed by atoms with Crippen molar-refractivity contribution in [3.8, 4) is 0 Å². The summed E-state index contributed by atoms with van der Waals surface area (Å²) >= 11 is 7.51. The molecule has 0 spiro atoms. The van der Waals surface area contributed by atoms with Crippen LogP contribution in [0.3, 0.4) is 0 Å². The van der Waals surface area contributed by atoms with Crippen molar-refractivity contribution in [2.75, 3.05) is 11.9 Å². The average Bonchev–Trinajstić information content (AvgIpc) is 3.20. The molecule has 0 saturated carbocycles. The number of nitrogens with zero attached hydrogens (tertiary/aromatic N) is 1. The molecule has 1 aromatic carbocycles. The zero-order valence-corrected chi connectivity index (χ0v) is 15.0. The molecule has 6 heteroatoms. The molecule has 2 aromatic rings. The van der Waals surface area contributed by atoms with E-state index in [0.29, 0.717) is 24.4 Å². The van der Waals surface area contributed by atoms with Crippen LogP contribution in [0.1, 0.15) is 23.3 Å². The molecule has 126 valence electrons. The van der Waals surface area contributed by atoms with Crippen LogP contribution in [0.25, 0.3) is 0 Å². The van der Waals surface area contributed by atoms with Crippen molar-refractivity contribution in [1.82, 2.24) is 4.90 Å². The summed E-state index contributed by atoms with van der Waals surface area (Å²) < 4.78 is 0. The van der Waals surface area contributed by atoms with Crippen LogP contribution in [0.5, 0.6) is 0 Å². The number of carbonyl (C=O) groups is 2. The third-order valence-corrected chi connectivity index (χ3v) is 5.34. The fourth-order valence-corrected chi connectivity index (χ4v) is 3.91. The molecule has 2 heterocycles. The van der Waals surface area contributed by atoms with Crippen molar-refractivity contribution in [2.24, 2.45) is 0 Å². The Hall–Kier alpha value is -1.85. The molecule has 1 atom stereocenters. The van der Waals surface area contributed by atoms with Crippen LogP contribution in [0.4, 0.5) is 5.69 Å². The third kappa shape index (κ3) is 3.79. The van der Waals surface area contributed by atoms with Gasteiger partial charge in [-0.2, -0.15) is 0 Å². The van der Waals surface area contributed by atoms with Crippen molar-refractivity contribution >= 4 is 40.4 Å². The molecule has 1 saturated heterocycles. The van der Waals surface area contributed by atoms with E-state index in [1.165, 1.54) is 0 Å². The molecule has 1 aromatic heterocycles. The molecule has 1 aliphatic rings. The smallest absolute Gasteiger partial charge is 0.247 e. The number of likely N-dealkylation sites (tertiary alicyclic amines) is 1. The second-order valence-corrected chi connectivity index (χ2v) is 7.42. The molecular formula is C18H19ClN2O2S. The van der Waals surface area contributed by atoms with Gasteiger partial charge in [-0.15, -0.1) is 11.3 Å². The molecule has 1 aliphatic heterocycles. The lowest BCUT2D eigenvalue weighted by Gasteiger charge is -2.24. The number of aryl methyl sites for hydroxylation is 1. The van der Waals surface area contributed by atoms with E-state index in [1.54, 1.807) is 28.4 Å². The number of halogens is 1. The van der Waals surface area contributed by atoms with Crippen LogP contribution in [-0.2, 0) is 16.0 Å². The Bertz CT molecular complexity index is 745. The number of amides is 2. The molecular weight excluding hydrogens is 344 g/mol. The van der Waals surface area contributed by atoms with Gasteiger partial charge in [-0.1, -0.05) is 17.7 Å². The molecule has 0 radical (unpaired) electrons. The van der Waals surface area contributed by atoms with Crippen LogP contribution < -0.4 is 5.32 Å². The summed E-state index contributed by atoms with van der Waals surface area (Å²) in [5.74, 6) is -0.111. The Morgan fingerprint density at radius 3 is 2.92 bits per heavy atom. The Morgan fingerprint density at radius 1 is 1.38 bits per heavy atom. The predicted octanol–water partition coefficient (Wildman–Crippen LogP) is 3.88. The van der Waals surface area contributed by atoms with Crippen LogP contribution >= 0.6 is 22.9 Å². The van der Waals surface area contributed by atoms with Gasteiger partial charge in [0, 0.05) is 22.1 Å². The van der Waals surface area contributed by atoms with Crippen molar-refractivity contribution in [2.45, 2.75) is 32.2 Å². The summed E-state index contributed by atoms with van der Waals surface area (Å²) in [6, 6.07) is 8.84. The normalized spacial score (nSPS) is 17.1. The highest BCUT2D eigenvalue weighted by atomic mass is 35.5. The Kier molecular flexibility index (Phi) is 5.21. The van der Waals surface area contributed by atoms with Crippen molar-refractivity contribution in [3.63, 3.8) is 0 Å². The number of nitrogens with one attached hydrogen (secondary N) is 1. The highest BCUT2D eigenvalue weighted by molar-refractivity contribution is 7.10. The van der Waals surface area contributed by atoms with E-state index in [-0.39, 0.29) is 11.8 Å². The van der Waals surface area contributed by atoms with E-state index in [1.807, 2.05) is 30.5 Å². The molecule has 0 bridgehead atoms. The minimum Gasteiger partial charge on any atom is -0.330 e. The largest absolute Gasteiger partial charge is 0.330 e. The van der Waals surface area contributed by atoms with Crippen molar-refractivity contribution in [1.29, 1.82) is 0 Å². The molecule has 0 aliphatic carbocycles. The number of hydrogen-bond acceptors (Lipinski definition) is 3. The Morgan fingerprint density at radius 2 is 2.21 bits per heavy atom. The van der Waals surface area contributed by atoms with Crippen LogP contribution in [-0.4, -0.2) is 29.3 Å². The molecule has 24 heavy (non-hydrogen) atoms. The van der Waals surface area contributed by atoms with Gasteiger partial charge >= 0.3 is 0 Å². The van der Waals surface area contributed by atoms with E-state index in [2.05, 4.69) is 5.32 Å². The van der Waals surface area contributed by atoms with E-state index in [9.17, 15) is 9.59 Å². The molecule has 1 fully saturated rings. The number of hydrogen-bond donors (Lipinski definition) is 1. The first kappa shape index (κ1) is 17.0. The summed E-state index contributed by atoms with van der Waals surface area (Å²) in [4.78, 5) is 27.9. The van der Waals surface area contributed by atoms with Gasteiger partial charge in [0.25, 0.3) is 0 Å². The van der Waals surface area contributed by atoms with E-state index >= 15 is 0 Å². The summed E-state index contributed by atoms with van der Waals surface area (Å²) in [6.07, 6.45) is 1.92. The van der Waals surface area contributed by atoms with Gasteiger partial charge < -0.3 is 10.2 Å². The lowest BCUT2D eigenvalue weighted by molar-refractivity contribution is -0.136. The van der Waals surface area contributed by atoms with Gasteiger partial charge in [-0.3, -0.25) is 9.59 Å². The molecule has 2 amide bonds. The zero-order valence-electron chi connectivity index (χ0n) is 13.4. The third-order valence-electron chi connectivity index (χ3n) is 4.23. The SMILES string of the molecule is Cc1cc(Cl)ccc1NC(=O)C1CCCN1C(=O)Cc1cccs1. The minimum atomic E-state index is -0.396. The summed E-state index contributed by atoms with van der Waals surface area (Å²) in [5, 5.41) is 5.53. The predicted molar refractivity (Wildman–Crippen MR) is 97.6 cm³/mol. The first-order valence-corrected chi connectivity index (χ1v) is 9.19. The standard InChI is InChI=1S/C18H19ClN2O2S/c1-12-10-13(19)6-7-15(12)20-18(23)16-5-2-8-21(16)17(22)11-14-4-3-9-24-14/h3-4,6-7,9-10,16H,2,5,8,11H2,1H3,(H,20,23). The van der Waals surface area contributed by atoms with Crippen molar-refractivity contribution in [3.05, 3.63) is 51.2 Å². The first-order valence-electron chi connectivity index (χ1n) is 7.93. The Balaban J connectivity index is 1.68. The maximum Gasteiger partial charge on any atom is 0.247 e. The quantitative estimate of drug-likeness (QED) is 0.897. The summed E-state index contributed by atoms with van der Waals surface area (Å²) in [5.41, 5.74) is 1.65. The maximum atomic E-state index is 12.6. The molecule has 3 rings (SSSR count). The zero-order chi connectivity index (χ0) is 17.1. The average molecular weight is 363 g/mol. The van der Waals surface area contributed by atoms with E-state index < -0.39 is 6.04 Å². The number of anilines is 1. The number of rotatable bonds is 4. The second kappa shape index (κ2) is 7.36. The lowest BCUT2D eigenvalue weighted by atomic mass is 10.1. The van der Waals surface area contributed by atoms with Gasteiger partial charge in [-0.25, -0.2) is 0 Å². The van der Waals surface area contributed by atoms with Gasteiger partial charge in [0.1, 0.15) is 6.04 Å². The minimum absolute atomic E-state index is 0.0166. The summed E-state index contributed by atoms with van der Waals surface area (Å²) in [6.45, 7) is 2.54. The molecule has 1 N–H and O–H groups in total. The maximum absolute atomic E-state index is 12.6. The molecule has 4 nitrogen and oxygen atoms in total. The highest BCUT2D eigenvalue weighted by Crippen LogP contribution is 2.24. The lowest BCUT2D eigenvalue weighted by Crippen LogP contribution is -2.43. The fourth-order valence-electron chi connectivity index (χ4n) is 2.98.